The second kappa shape index (κ2) is 7.15. The summed E-state index contributed by atoms with van der Waals surface area (Å²) in [4.78, 5) is 11.1. The lowest BCUT2D eigenvalue weighted by Gasteiger charge is -2.16. The van der Waals surface area contributed by atoms with Gasteiger partial charge in [0, 0.05) is 0 Å². The summed E-state index contributed by atoms with van der Waals surface area (Å²) >= 11 is 33.9. The first kappa shape index (κ1) is 18.5. The van der Waals surface area contributed by atoms with E-state index in [0.29, 0.717) is 0 Å². The summed E-state index contributed by atoms with van der Waals surface area (Å²) in [5.74, 6) is -0.625. The molecule has 1 aromatic heterocycles. The van der Waals surface area contributed by atoms with Gasteiger partial charge in [-0.05, 0) is 0 Å². The number of rotatable bonds is 4. The third-order valence-electron chi connectivity index (χ3n) is 1.74. The van der Waals surface area contributed by atoms with Crippen molar-refractivity contribution in [3.63, 3.8) is 0 Å². The van der Waals surface area contributed by atoms with E-state index in [-0.39, 0.29) is 24.3 Å². The minimum absolute atomic E-state index is 0.306. The summed E-state index contributed by atoms with van der Waals surface area (Å²) < 4.78 is 1.04. The lowest BCUT2D eigenvalue weighted by Crippen LogP contribution is -2.23. The number of aliphatic hydroxyl groups excluding tert-OH is 2. The number of ether oxygens (including phenoxy) is 1. The standard InChI is InChI=1S/C8H7Cl6N3O3/c9-7(10,11)4-15-5(8(12,13)14)17-6(16-4)20-2-3(19)1-18/h3,18-19H,1-2H2. The van der Waals surface area contributed by atoms with Crippen molar-refractivity contribution in [1.82, 2.24) is 15.0 Å². The molecule has 1 rings (SSSR count). The number of hydrogen-bond donors (Lipinski definition) is 2. The second-order valence-corrected chi connectivity index (χ2v) is 7.97. The van der Waals surface area contributed by atoms with Crippen LogP contribution in [-0.4, -0.2) is 44.5 Å². The van der Waals surface area contributed by atoms with Crippen molar-refractivity contribution in [2.75, 3.05) is 13.2 Å². The Morgan fingerprint density at radius 1 is 0.950 bits per heavy atom. The lowest BCUT2D eigenvalue weighted by atomic mass is 10.4. The Morgan fingerprint density at radius 2 is 1.40 bits per heavy atom. The van der Waals surface area contributed by atoms with E-state index >= 15 is 0 Å². The molecule has 20 heavy (non-hydrogen) atoms. The summed E-state index contributed by atoms with van der Waals surface area (Å²) in [7, 11) is 0. The largest absolute Gasteiger partial charge is 0.461 e. The van der Waals surface area contributed by atoms with Gasteiger partial charge in [0.2, 0.25) is 7.59 Å². The van der Waals surface area contributed by atoms with E-state index in [4.69, 9.17) is 79.4 Å². The minimum atomic E-state index is -1.98. The summed E-state index contributed by atoms with van der Waals surface area (Å²) in [6, 6.07) is -0.324. The fourth-order valence-corrected chi connectivity index (χ4v) is 1.41. The molecule has 0 aromatic carbocycles. The van der Waals surface area contributed by atoms with Crippen molar-refractivity contribution in [1.29, 1.82) is 0 Å². The summed E-state index contributed by atoms with van der Waals surface area (Å²) in [5, 5.41) is 17.8. The van der Waals surface area contributed by atoms with Crippen LogP contribution >= 0.6 is 69.6 Å². The molecule has 12 heteroatoms. The van der Waals surface area contributed by atoms with Crippen LogP contribution in [0.15, 0.2) is 0 Å². The van der Waals surface area contributed by atoms with Gasteiger partial charge in [0.15, 0.2) is 11.6 Å². The van der Waals surface area contributed by atoms with Crippen LogP contribution in [0.4, 0.5) is 0 Å². The van der Waals surface area contributed by atoms with E-state index in [9.17, 15) is 5.11 Å². The molecule has 0 fully saturated rings. The first-order valence-corrected chi connectivity index (χ1v) is 7.13. The van der Waals surface area contributed by atoms with Gasteiger partial charge in [0.25, 0.3) is 0 Å². The molecule has 0 aliphatic heterocycles. The molecule has 1 unspecified atom stereocenters. The molecule has 0 aliphatic rings. The van der Waals surface area contributed by atoms with E-state index in [2.05, 4.69) is 15.0 Å². The first-order valence-electron chi connectivity index (χ1n) is 4.86. The molecule has 1 aromatic rings. The van der Waals surface area contributed by atoms with E-state index in [1.807, 2.05) is 0 Å². The molecule has 1 atom stereocenters. The van der Waals surface area contributed by atoms with Gasteiger partial charge in [-0.1, -0.05) is 69.6 Å². The van der Waals surface area contributed by atoms with Crippen molar-refractivity contribution in [2.45, 2.75) is 13.7 Å². The molecule has 0 amide bonds. The molecule has 0 saturated carbocycles. The Balaban J connectivity index is 3.11. The Kier molecular flexibility index (Phi) is 6.62. The number of alkyl halides is 6. The van der Waals surface area contributed by atoms with Crippen LogP contribution in [0.3, 0.4) is 0 Å². The van der Waals surface area contributed by atoms with Crippen molar-refractivity contribution in [3.05, 3.63) is 11.6 Å². The predicted molar refractivity (Wildman–Crippen MR) is 76.9 cm³/mol. The normalized spacial score (nSPS) is 14.2. The van der Waals surface area contributed by atoms with Gasteiger partial charge in [0.05, 0.1) is 6.61 Å². The van der Waals surface area contributed by atoms with Crippen molar-refractivity contribution >= 4 is 69.6 Å². The Hall–Kier alpha value is 0.470. The fourth-order valence-electron chi connectivity index (χ4n) is 0.898. The van der Waals surface area contributed by atoms with Crippen LogP contribution in [0.5, 0.6) is 6.01 Å². The van der Waals surface area contributed by atoms with Gasteiger partial charge < -0.3 is 14.9 Å². The second-order valence-electron chi connectivity index (χ2n) is 3.41. The van der Waals surface area contributed by atoms with E-state index in [1.165, 1.54) is 0 Å². The monoisotopic (exact) mass is 403 g/mol. The predicted octanol–water partition coefficient (Wildman–Crippen LogP) is 2.26. The van der Waals surface area contributed by atoms with E-state index in [0.717, 1.165) is 0 Å². The molecule has 114 valence electrons. The molecule has 0 spiro atoms. The van der Waals surface area contributed by atoms with Crippen LogP contribution in [0, 0.1) is 0 Å². The Morgan fingerprint density at radius 3 is 1.75 bits per heavy atom. The van der Waals surface area contributed by atoms with Crippen LogP contribution in [0.2, 0.25) is 0 Å². The number of aliphatic hydroxyl groups is 2. The van der Waals surface area contributed by atoms with Crippen molar-refractivity contribution in [3.8, 4) is 6.01 Å². The van der Waals surface area contributed by atoms with Gasteiger partial charge in [-0.15, -0.1) is 0 Å². The maximum atomic E-state index is 9.18. The molecule has 0 radical (unpaired) electrons. The maximum absolute atomic E-state index is 9.18. The van der Waals surface area contributed by atoms with Gasteiger partial charge >= 0.3 is 6.01 Å². The molecule has 6 nitrogen and oxygen atoms in total. The first-order chi connectivity index (χ1) is 9.04. The Bertz CT molecular complexity index is 432. The van der Waals surface area contributed by atoms with Gasteiger partial charge in [0.1, 0.15) is 12.7 Å². The van der Waals surface area contributed by atoms with Crippen LogP contribution in [0.25, 0.3) is 0 Å². The molecule has 0 bridgehead atoms. The fraction of sp³-hybridized carbons (Fsp3) is 0.625. The highest BCUT2D eigenvalue weighted by molar-refractivity contribution is 6.67. The third-order valence-corrected chi connectivity index (χ3v) is 2.75. The zero-order chi connectivity index (χ0) is 15.6. The number of nitrogens with zero attached hydrogens (tertiary/aromatic N) is 3. The average Bonchev–Trinajstić information content (AvgIpc) is 2.33. The summed E-state index contributed by atoms with van der Waals surface area (Å²) in [6.45, 7) is -0.821. The van der Waals surface area contributed by atoms with E-state index in [1.54, 1.807) is 0 Å². The van der Waals surface area contributed by atoms with Crippen LogP contribution in [0.1, 0.15) is 11.6 Å². The molecule has 0 saturated heterocycles. The molecule has 0 aliphatic carbocycles. The summed E-state index contributed by atoms with van der Waals surface area (Å²) in [6.07, 6.45) is -1.14. The van der Waals surface area contributed by atoms with Crippen molar-refractivity contribution in [2.24, 2.45) is 0 Å². The lowest BCUT2D eigenvalue weighted by molar-refractivity contribution is 0.0501. The summed E-state index contributed by atoms with van der Waals surface area (Å²) in [5.41, 5.74) is 0. The average molecular weight is 406 g/mol. The SMILES string of the molecule is OCC(O)COc1nc(C(Cl)(Cl)Cl)nc(C(Cl)(Cl)Cl)n1. The van der Waals surface area contributed by atoms with Gasteiger partial charge in [-0.3, -0.25) is 0 Å². The molecule has 2 N–H and O–H groups in total. The highest BCUT2D eigenvalue weighted by Crippen LogP contribution is 2.40. The molecular formula is C8H7Cl6N3O3. The van der Waals surface area contributed by atoms with Crippen molar-refractivity contribution < 1.29 is 14.9 Å². The molecular weight excluding hydrogens is 399 g/mol. The Labute approximate surface area is 143 Å². The van der Waals surface area contributed by atoms with Gasteiger partial charge in [-0.2, -0.15) is 9.97 Å². The van der Waals surface area contributed by atoms with Crippen LogP contribution in [-0.2, 0) is 7.59 Å². The van der Waals surface area contributed by atoms with E-state index < -0.39 is 20.3 Å². The highest BCUT2D eigenvalue weighted by Gasteiger charge is 2.34. The quantitative estimate of drug-likeness (QED) is 0.747. The highest BCUT2D eigenvalue weighted by atomic mass is 35.6. The number of halogens is 6. The smallest absolute Gasteiger partial charge is 0.320 e. The molecule has 1 heterocycles. The third kappa shape index (κ3) is 5.69. The zero-order valence-corrected chi connectivity index (χ0v) is 13.9. The zero-order valence-electron chi connectivity index (χ0n) is 9.40. The number of hydrogen-bond acceptors (Lipinski definition) is 6. The maximum Gasteiger partial charge on any atom is 0.320 e. The number of aromatic nitrogens is 3. The van der Waals surface area contributed by atoms with Crippen LogP contribution < -0.4 is 4.74 Å². The van der Waals surface area contributed by atoms with Gasteiger partial charge in [-0.25, -0.2) is 4.98 Å². The topological polar surface area (TPSA) is 88.4 Å². The minimum Gasteiger partial charge on any atom is -0.461 e.